The fraction of sp³-hybridized carbons (Fsp3) is 0.632. The van der Waals surface area contributed by atoms with E-state index in [0.29, 0.717) is 25.8 Å². The predicted octanol–water partition coefficient (Wildman–Crippen LogP) is 2.14. The van der Waals surface area contributed by atoms with Crippen LogP contribution < -0.4 is 15.4 Å². The van der Waals surface area contributed by atoms with Crippen molar-refractivity contribution in [1.82, 2.24) is 15.6 Å². The van der Waals surface area contributed by atoms with Gasteiger partial charge in [0.05, 0.1) is 25.3 Å². The minimum atomic E-state index is -0.0564. The van der Waals surface area contributed by atoms with E-state index >= 15 is 0 Å². The second-order valence-corrected chi connectivity index (χ2v) is 6.24. The van der Waals surface area contributed by atoms with Crippen LogP contribution in [0.2, 0.25) is 0 Å². The molecule has 1 aliphatic rings. The van der Waals surface area contributed by atoms with Crippen LogP contribution in [0.25, 0.3) is 0 Å². The third-order valence-electron chi connectivity index (χ3n) is 4.30. The van der Waals surface area contributed by atoms with Crippen LogP contribution in [0, 0.1) is 5.92 Å². The fourth-order valence-corrected chi connectivity index (χ4v) is 3.00. The van der Waals surface area contributed by atoms with Gasteiger partial charge in [-0.1, -0.05) is 0 Å². The molecule has 1 heterocycles. The molecule has 0 saturated heterocycles. The van der Waals surface area contributed by atoms with Crippen molar-refractivity contribution in [2.24, 2.45) is 10.9 Å². The molecule has 0 radical (unpaired) electrons. The number of rotatable bonds is 8. The van der Waals surface area contributed by atoms with Gasteiger partial charge in [0.1, 0.15) is 12.4 Å². The van der Waals surface area contributed by atoms with Crippen LogP contribution in [0.5, 0.6) is 5.75 Å². The zero-order valence-electron chi connectivity index (χ0n) is 15.7. The molecule has 0 spiro atoms. The molecule has 1 fully saturated rings. The first-order valence-corrected chi connectivity index (χ1v) is 9.47. The Kier molecular flexibility index (Phi) is 8.72. The van der Waals surface area contributed by atoms with Crippen LogP contribution >= 0.6 is 0 Å². The van der Waals surface area contributed by atoms with Gasteiger partial charge in [0.15, 0.2) is 5.96 Å². The average Bonchev–Trinajstić information content (AvgIpc) is 2.67. The second kappa shape index (κ2) is 11.3. The lowest BCUT2D eigenvalue weighted by Crippen LogP contribution is -2.45. The lowest BCUT2D eigenvalue weighted by atomic mass is 9.86. The summed E-state index contributed by atoms with van der Waals surface area (Å²) in [4.78, 5) is 20.4. The Hall–Kier alpha value is -2.31. The van der Waals surface area contributed by atoms with Gasteiger partial charge >= 0.3 is 5.97 Å². The van der Waals surface area contributed by atoms with E-state index in [1.807, 2.05) is 26.0 Å². The van der Waals surface area contributed by atoms with Gasteiger partial charge in [-0.25, -0.2) is 4.99 Å². The minimum Gasteiger partial charge on any atom is -0.490 e. The molecule has 0 atom stereocenters. The van der Waals surface area contributed by atoms with E-state index in [4.69, 9.17) is 9.47 Å². The van der Waals surface area contributed by atoms with Gasteiger partial charge in [-0.15, -0.1) is 0 Å². The molecule has 1 saturated carbocycles. The van der Waals surface area contributed by atoms with Crippen molar-refractivity contribution in [2.75, 3.05) is 26.3 Å². The Morgan fingerprint density at radius 3 is 2.77 bits per heavy atom. The van der Waals surface area contributed by atoms with E-state index in [-0.39, 0.29) is 11.9 Å². The third-order valence-corrected chi connectivity index (χ3v) is 4.30. The largest absolute Gasteiger partial charge is 0.490 e. The van der Waals surface area contributed by atoms with Gasteiger partial charge < -0.3 is 20.1 Å². The lowest BCUT2D eigenvalue weighted by molar-refractivity contribution is -0.149. The quantitative estimate of drug-likeness (QED) is 0.319. The molecule has 0 aromatic carbocycles. The van der Waals surface area contributed by atoms with Crippen LogP contribution in [-0.4, -0.2) is 49.3 Å². The second-order valence-electron chi connectivity index (χ2n) is 6.24. The SMILES string of the molecule is CCNC(=NCCOc1cccnc1)NC1CCC(C(=O)OCC)CC1. The molecule has 7 nitrogen and oxygen atoms in total. The summed E-state index contributed by atoms with van der Waals surface area (Å²) < 4.78 is 10.7. The van der Waals surface area contributed by atoms with Crippen LogP contribution in [-0.2, 0) is 9.53 Å². The molecule has 1 aliphatic carbocycles. The van der Waals surface area contributed by atoms with E-state index in [1.54, 1.807) is 12.4 Å². The van der Waals surface area contributed by atoms with Crippen molar-refractivity contribution < 1.29 is 14.3 Å². The maximum Gasteiger partial charge on any atom is 0.308 e. The van der Waals surface area contributed by atoms with Crippen LogP contribution in [0.1, 0.15) is 39.5 Å². The van der Waals surface area contributed by atoms with Crippen molar-refractivity contribution >= 4 is 11.9 Å². The van der Waals surface area contributed by atoms with Crippen molar-refractivity contribution in [2.45, 2.75) is 45.6 Å². The number of hydrogen-bond donors (Lipinski definition) is 2. The Bertz CT molecular complexity index is 557. The number of carbonyl (C=O) groups excluding carboxylic acids is 1. The summed E-state index contributed by atoms with van der Waals surface area (Å²) in [5.41, 5.74) is 0. The topological polar surface area (TPSA) is 84.8 Å². The number of carbonyl (C=O) groups is 1. The molecule has 26 heavy (non-hydrogen) atoms. The zero-order chi connectivity index (χ0) is 18.6. The van der Waals surface area contributed by atoms with Crippen molar-refractivity contribution in [3.05, 3.63) is 24.5 Å². The van der Waals surface area contributed by atoms with Crippen LogP contribution in [0.3, 0.4) is 0 Å². The van der Waals surface area contributed by atoms with E-state index < -0.39 is 0 Å². The summed E-state index contributed by atoms with van der Waals surface area (Å²) >= 11 is 0. The Labute approximate surface area is 155 Å². The van der Waals surface area contributed by atoms with E-state index in [0.717, 1.165) is 43.9 Å². The van der Waals surface area contributed by atoms with Gasteiger partial charge in [-0.3, -0.25) is 9.78 Å². The highest BCUT2D eigenvalue weighted by Crippen LogP contribution is 2.25. The first kappa shape index (κ1) is 20.0. The number of nitrogens with zero attached hydrogens (tertiary/aromatic N) is 2. The van der Waals surface area contributed by atoms with Crippen molar-refractivity contribution in [1.29, 1.82) is 0 Å². The van der Waals surface area contributed by atoms with E-state index in [1.165, 1.54) is 0 Å². The molecular weight excluding hydrogens is 332 g/mol. The summed E-state index contributed by atoms with van der Waals surface area (Å²) in [7, 11) is 0. The van der Waals surface area contributed by atoms with E-state index in [2.05, 4.69) is 20.6 Å². The van der Waals surface area contributed by atoms with Gasteiger partial charge in [-0.2, -0.15) is 0 Å². The molecule has 0 unspecified atom stereocenters. The van der Waals surface area contributed by atoms with Gasteiger partial charge in [0, 0.05) is 18.8 Å². The van der Waals surface area contributed by atoms with Crippen LogP contribution in [0.15, 0.2) is 29.5 Å². The third kappa shape index (κ3) is 6.90. The molecule has 0 aliphatic heterocycles. The summed E-state index contributed by atoms with van der Waals surface area (Å²) in [6.07, 6.45) is 7.02. The highest BCUT2D eigenvalue weighted by atomic mass is 16.5. The zero-order valence-corrected chi connectivity index (χ0v) is 15.7. The number of nitrogens with one attached hydrogen (secondary N) is 2. The Morgan fingerprint density at radius 1 is 1.31 bits per heavy atom. The Morgan fingerprint density at radius 2 is 2.12 bits per heavy atom. The van der Waals surface area contributed by atoms with Gasteiger partial charge in [-0.05, 0) is 51.7 Å². The van der Waals surface area contributed by atoms with Crippen molar-refractivity contribution in [3.63, 3.8) is 0 Å². The first-order valence-electron chi connectivity index (χ1n) is 9.47. The molecule has 7 heteroatoms. The molecule has 144 valence electrons. The smallest absolute Gasteiger partial charge is 0.308 e. The maximum absolute atomic E-state index is 11.8. The molecule has 1 aromatic heterocycles. The predicted molar refractivity (Wildman–Crippen MR) is 101 cm³/mol. The number of ether oxygens (including phenoxy) is 2. The number of pyridine rings is 1. The summed E-state index contributed by atoms with van der Waals surface area (Å²) in [6, 6.07) is 4.05. The number of aliphatic imine (C=N–C) groups is 1. The summed E-state index contributed by atoms with van der Waals surface area (Å²) in [6.45, 7) is 6.20. The minimum absolute atomic E-state index is 0.0420. The summed E-state index contributed by atoms with van der Waals surface area (Å²) in [5.74, 6) is 1.53. The monoisotopic (exact) mass is 362 g/mol. The normalized spacial score (nSPS) is 20.3. The number of aromatic nitrogens is 1. The van der Waals surface area contributed by atoms with Crippen molar-refractivity contribution in [3.8, 4) is 5.75 Å². The van der Waals surface area contributed by atoms with Crippen LogP contribution in [0.4, 0.5) is 0 Å². The molecule has 0 bridgehead atoms. The molecule has 2 rings (SSSR count). The molecule has 2 N–H and O–H groups in total. The highest BCUT2D eigenvalue weighted by Gasteiger charge is 2.27. The Balaban J connectivity index is 1.74. The number of guanidine groups is 1. The fourth-order valence-electron chi connectivity index (χ4n) is 3.00. The number of esters is 1. The van der Waals surface area contributed by atoms with E-state index in [9.17, 15) is 4.79 Å². The van der Waals surface area contributed by atoms with Gasteiger partial charge in [0.25, 0.3) is 0 Å². The lowest BCUT2D eigenvalue weighted by Gasteiger charge is -2.29. The summed E-state index contributed by atoms with van der Waals surface area (Å²) in [5, 5.41) is 6.73. The maximum atomic E-state index is 11.8. The number of hydrogen-bond acceptors (Lipinski definition) is 5. The highest BCUT2D eigenvalue weighted by molar-refractivity contribution is 5.80. The average molecular weight is 362 g/mol. The molecule has 0 amide bonds. The standard InChI is InChI=1S/C19H30N4O3/c1-3-21-19(22-12-13-26-17-6-5-11-20-14-17)23-16-9-7-15(8-10-16)18(24)25-4-2/h5-6,11,14-16H,3-4,7-10,12-13H2,1-2H3,(H2,21,22,23). The molecular formula is C19H30N4O3. The first-order chi connectivity index (χ1) is 12.7. The van der Waals surface area contributed by atoms with Gasteiger partial charge in [0.2, 0.25) is 0 Å². The molecule has 1 aromatic rings.